The number of para-hydroxylation sites is 1. The molecule has 1 aromatic heterocycles. The number of urea groups is 1. The molecule has 4 rings (SSSR count). The lowest BCUT2D eigenvalue weighted by Crippen LogP contribution is -2.41. The standard InChI is InChI=1S/C20H18F2N4O2/c21-15-7-3-5-13(11-15)18-24-19(28-25-18)14-6-4-10-26(12-14)20(27)23-17-9-2-1-8-16(17)22/h1-3,5,7-9,11,14H,4,6,10,12H2,(H,23,27). The van der Waals surface area contributed by atoms with E-state index in [0.29, 0.717) is 30.4 Å². The molecule has 1 fully saturated rings. The Morgan fingerprint density at radius 2 is 2.04 bits per heavy atom. The van der Waals surface area contributed by atoms with Gasteiger partial charge in [-0.15, -0.1) is 0 Å². The fourth-order valence-electron chi connectivity index (χ4n) is 3.27. The minimum Gasteiger partial charge on any atom is -0.339 e. The highest BCUT2D eigenvalue weighted by Crippen LogP contribution is 2.28. The van der Waals surface area contributed by atoms with Gasteiger partial charge in [-0.3, -0.25) is 0 Å². The zero-order valence-corrected chi connectivity index (χ0v) is 14.9. The molecular formula is C20H18F2N4O2. The van der Waals surface area contributed by atoms with Crippen molar-refractivity contribution in [3.8, 4) is 11.4 Å². The smallest absolute Gasteiger partial charge is 0.321 e. The number of piperidine rings is 1. The first kappa shape index (κ1) is 18.1. The number of anilines is 1. The van der Waals surface area contributed by atoms with Gasteiger partial charge in [0.15, 0.2) is 0 Å². The number of carbonyl (C=O) groups excluding carboxylic acids is 1. The lowest BCUT2D eigenvalue weighted by molar-refractivity contribution is 0.184. The molecule has 144 valence electrons. The Morgan fingerprint density at radius 1 is 1.18 bits per heavy atom. The number of carbonyl (C=O) groups is 1. The van der Waals surface area contributed by atoms with E-state index in [9.17, 15) is 13.6 Å². The van der Waals surface area contributed by atoms with Gasteiger partial charge in [0.2, 0.25) is 11.7 Å². The summed E-state index contributed by atoms with van der Waals surface area (Å²) in [7, 11) is 0. The number of rotatable bonds is 3. The second kappa shape index (κ2) is 7.75. The summed E-state index contributed by atoms with van der Waals surface area (Å²) < 4.78 is 32.5. The summed E-state index contributed by atoms with van der Waals surface area (Å²) in [6, 6.07) is 11.6. The quantitative estimate of drug-likeness (QED) is 0.725. The Labute approximate surface area is 160 Å². The van der Waals surface area contributed by atoms with Crippen molar-refractivity contribution < 1.29 is 18.1 Å². The van der Waals surface area contributed by atoms with Crippen molar-refractivity contribution in [3.05, 3.63) is 66.1 Å². The van der Waals surface area contributed by atoms with Crippen LogP contribution in [0.5, 0.6) is 0 Å². The third kappa shape index (κ3) is 3.85. The molecule has 2 amide bonds. The molecule has 8 heteroatoms. The average Bonchev–Trinajstić information content (AvgIpc) is 3.20. The fraction of sp³-hybridized carbons (Fsp3) is 0.250. The molecule has 0 saturated carbocycles. The number of nitrogens with zero attached hydrogens (tertiary/aromatic N) is 3. The molecular weight excluding hydrogens is 366 g/mol. The van der Waals surface area contributed by atoms with E-state index in [1.54, 1.807) is 29.2 Å². The summed E-state index contributed by atoms with van der Waals surface area (Å²) in [5, 5.41) is 6.52. The van der Waals surface area contributed by atoms with Gasteiger partial charge in [-0.05, 0) is 37.1 Å². The van der Waals surface area contributed by atoms with E-state index in [-0.39, 0.29) is 23.5 Å². The normalized spacial score (nSPS) is 16.8. The number of halogens is 2. The van der Waals surface area contributed by atoms with Crippen LogP contribution < -0.4 is 5.32 Å². The van der Waals surface area contributed by atoms with Crippen molar-refractivity contribution in [1.82, 2.24) is 15.0 Å². The number of aromatic nitrogens is 2. The van der Waals surface area contributed by atoms with Crippen molar-refractivity contribution in [2.45, 2.75) is 18.8 Å². The van der Waals surface area contributed by atoms with Crippen LogP contribution in [-0.2, 0) is 0 Å². The first-order chi connectivity index (χ1) is 13.6. The first-order valence-corrected chi connectivity index (χ1v) is 9.00. The Morgan fingerprint density at radius 3 is 2.86 bits per heavy atom. The fourth-order valence-corrected chi connectivity index (χ4v) is 3.27. The Kier molecular flexibility index (Phi) is 5.01. The number of amides is 2. The minimum absolute atomic E-state index is 0.130. The third-order valence-corrected chi connectivity index (χ3v) is 4.70. The second-order valence-corrected chi connectivity index (χ2v) is 6.66. The van der Waals surface area contributed by atoms with Gasteiger partial charge in [0, 0.05) is 18.7 Å². The first-order valence-electron chi connectivity index (χ1n) is 9.00. The van der Waals surface area contributed by atoms with Crippen molar-refractivity contribution in [2.24, 2.45) is 0 Å². The number of benzene rings is 2. The van der Waals surface area contributed by atoms with Crippen LogP contribution in [0.4, 0.5) is 19.3 Å². The van der Waals surface area contributed by atoms with Gasteiger partial charge in [-0.1, -0.05) is 29.4 Å². The summed E-state index contributed by atoms with van der Waals surface area (Å²) in [6.45, 7) is 0.937. The third-order valence-electron chi connectivity index (χ3n) is 4.70. The summed E-state index contributed by atoms with van der Waals surface area (Å²) >= 11 is 0. The predicted molar refractivity (Wildman–Crippen MR) is 98.7 cm³/mol. The van der Waals surface area contributed by atoms with Crippen molar-refractivity contribution in [2.75, 3.05) is 18.4 Å². The van der Waals surface area contributed by atoms with Crippen molar-refractivity contribution in [3.63, 3.8) is 0 Å². The van der Waals surface area contributed by atoms with E-state index in [0.717, 1.165) is 12.8 Å². The molecule has 0 aliphatic carbocycles. The molecule has 28 heavy (non-hydrogen) atoms. The van der Waals surface area contributed by atoms with E-state index in [4.69, 9.17) is 4.52 Å². The molecule has 1 saturated heterocycles. The molecule has 1 atom stereocenters. The molecule has 0 spiro atoms. The SMILES string of the molecule is O=C(Nc1ccccc1F)N1CCCC(c2nc(-c3cccc(F)c3)no2)C1. The lowest BCUT2D eigenvalue weighted by Gasteiger charge is -2.31. The molecule has 1 unspecified atom stereocenters. The molecule has 1 N–H and O–H groups in total. The highest BCUT2D eigenvalue weighted by Gasteiger charge is 2.29. The van der Waals surface area contributed by atoms with Gasteiger partial charge in [0.1, 0.15) is 11.6 Å². The van der Waals surface area contributed by atoms with Gasteiger partial charge >= 0.3 is 6.03 Å². The van der Waals surface area contributed by atoms with E-state index in [1.165, 1.54) is 24.3 Å². The number of likely N-dealkylation sites (tertiary alicyclic amines) is 1. The van der Waals surface area contributed by atoms with Crippen LogP contribution in [0.25, 0.3) is 11.4 Å². The average molecular weight is 384 g/mol. The molecule has 1 aliphatic heterocycles. The molecule has 1 aliphatic rings. The van der Waals surface area contributed by atoms with Crippen LogP contribution in [0.2, 0.25) is 0 Å². The van der Waals surface area contributed by atoms with Crippen LogP contribution in [0.3, 0.4) is 0 Å². The minimum atomic E-state index is -0.485. The van der Waals surface area contributed by atoms with Gasteiger partial charge in [-0.2, -0.15) is 4.98 Å². The predicted octanol–water partition coefficient (Wildman–Crippen LogP) is 4.43. The maximum Gasteiger partial charge on any atom is 0.321 e. The van der Waals surface area contributed by atoms with Crippen LogP contribution in [0, 0.1) is 11.6 Å². The summed E-state index contributed by atoms with van der Waals surface area (Å²) in [4.78, 5) is 18.5. The highest BCUT2D eigenvalue weighted by atomic mass is 19.1. The Balaban J connectivity index is 1.45. The van der Waals surface area contributed by atoms with Gasteiger partial charge in [-0.25, -0.2) is 13.6 Å². The van der Waals surface area contributed by atoms with Gasteiger partial charge < -0.3 is 14.7 Å². The Bertz CT molecular complexity index is 992. The Hall–Kier alpha value is -3.29. The maximum atomic E-state index is 13.8. The molecule has 2 heterocycles. The van der Waals surface area contributed by atoms with E-state index in [1.807, 2.05) is 0 Å². The topological polar surface area (TPSA) is 71.3 Å². The monoisotopic (exact) mass is 384 g/mol. The van der Waals surface area contributed by atoms with E-state index >= 15 is 0 Å². The molecule has 6 nitrogen and oxygen atoms in total. The van der Waals surface area contributed by atoms with Gasteiger partial charge in [0.25, 0.3) is 0 Å². The van der Waals surface area contributed by atoms with Gasteiger partial charge in [0.05, 0.1) is 11.6 Å². The van der Waals surface area contributed by atoms with E-state index < -0.39 is 5.82 Å². The zero-order valence-electron chi connectivity index (χ0n) is 14.9. The summed E-state index contributed by atoms with van der Waals surface area (Å²) in [6.07, 6.45) is 1.54. The molecule has 2 aromatic carbocycles. The van der Waals surface area contributed by atoms with Crippen LogP contribution in [-0.4, -0.2) is 34.2 Å². The number of hydrogen-bond acceptors (Lipinski definition) is 4. The summed E-state index contributed by atoms with van der Waals surface area (Å²) in [5.74, 6) is -0.279. The van der Waals surface area contributed by atoms with E-state index in [2.05, 4.69) is 15.5 Å². The highest BCUT2D eigenvalue weighted by molar-refractivity contribution is 5.89. The molecule has 0 bridgehead atoms. The largest absolute Gasteiger partial charge is 0.339 e. The number of hydrogen-bond donors (Lipinski definition) is 1. The van der Waals surface area contributed by atoms with Crippen molar-refractivity contribution >= 4 is 11.7 Å². The molecule has 3 aromatic rings. The number of nitrogens with one attached hydrogen (secondary N) is 1. The van der Waals surface area contributed by atoms with Crippen LogP contribution in [0.1, 0.15) is 24.7 Å². The maximum absolute atomic E-state index is 13.8. The summed E-state index contributed by atoms with van der Waals surface area (Å²) in [5.41, 5.74) is 0.667. The zero-order chi connectivity index (χ0) is 19.5. The lowest BCUT2D eigenvalue weighted by atomic mass is 9.98. The molecule has 0 radical (unpaired) electrons. The van der Waals surface area contributed by atoms with Crippen LogP contribution >= 0.6 is 0 Å². The second-order valence-electron chi connectivity index (χ2n) is 6.66. The van der Waals surface area contributed by atoms with Crippen LogP contribution in [0.15, 0.2) is 53.1 Å². The van der Waals surface area contributed by atoms with Crippen molar-refractivity contribution in [1.29, 1.82) is 0 Å².